The fourth-order valence-electron chi connectivity index (χ4n) is 3.28. The van der Waals surface area contributed by atoms with Gasteiger partial charge in [0.1, 0.15) is 0 Å². The second-order valence-corrected chi connectivity index (χ2v) is 10.2. The highest BCUT2D eigenvalue weighted by atomic mass is 32.2. The molecule has 0 spiro atoms. The first-order chi connectivity index (χ1) is 14.8. The van der Waals surface area contributed by atoms with Gasteiger partial charge in [0.15, 0.2) is 0 Å². The van der Waals surface area contributed by atoms with Crippen molar-refractivity contribution in [1.82, 2.24) is 9.62 Å². The summed E-state index contributed by atoms with van der Waals surface area (Å²) in [5, 5.41) is 3.00. The van der Waals surface area contributed by atoms with Crippen LogP contribution < -0.4 is 5.32 Å². The van der Waals surface area contributed by atoms with E-state index in [1.807, 2.05) is 67.8 Å². The Bertz CT molecular complexity index is 1130. The molecule has 0 bridgehead atoms. The van der Waals surface area contributed by atoms with E-state index < -0.39 is 10.0 Å². The number of hydrogen-bond acceptors (Lipinski definition) is 4. The third-order valence-corrected chi connectivity index (χ3v) is 7.51. The summed E-state index contributed by atoms with van der Waals surface area (Å²) in [6, 6.07) is 23.8. The van der Waals surface area contributed by atoms with Crippen LogP contribution in [0.3, 0.4) is 0 Å². The normalized spacial score (nSPS) is 12.5. The molecule has 0 radical (unpaired) electrons. The zero-order valence-electron chi connectivity index (χ0n) is 17.8. The Kier molecular flexibility index (Phi) is 7.54. The SMILES string of the molecule is CSc1ccc(S(=O)(=O)N(C)CC(=O)N[C@H](c2ccccc2)c2cccc(C)c2)cc1. The molecule has 0 aliphatic carbocycles. The van der Waals surface area contributed by atoms with Crippen LogP contribution in [-0.4, -0.2) is 38.5 Å². The Morgan fingerprint density at radius 1 is 0.968 bits per heavy atom. The highest BCUT2D eigenvalue weighted by Gasteiger charge is 2.25. The van der Waals surface area contributed by atoms with Gasteiger partial charge < -0.3 is 5.32 Å². The molecule has 31 heavy (non-hydrogen) atoms. The lowest BCUT2D eigenvalue weighted by Gasteiger charge is -2.22. The minimum Gasteiger partial charge on any atom is -0.344 e. The van der Waals surface area contributed by atoms with Crippen molar-refractivity contribution in [2.75, 3.05) is 19.8 Å². The van der Waals surface area contributed by atoms with Crippen LogP contribution in [0.15, 0.2) is 88.7 Å². The minimum atomic E-state index is -3.77. The van der Waals surface area contributed by atoms with E-state index in [1.54, 1.807) is 24.3 Å². The van der Waals surface area contributed by atoms with Gasteiger partial charge in [0.25, 0.3) is 0 Å². The molecule has 1 amide bonds. The van der Waals surface area contributed by atoms with E-state index in [-0.39, 0.29) is 23.4 Å². The minimum absolute atomic E-state index is 0.166. The predicted molar refractivity (Wildman–Crippen MR) is 126 cm³/mol. The molecular formula is C24H26N2O3S2. The molecule has 5 nitrogen and oxygen atoms in total. The van der Waals surface area contributed by atoms with Crippen molar-refractivity contribution >= 4 is 27.7 Å². The topological polar surface area (TPSA) is 66.5 Å². The Labute approximate surface area is 188 Å². The summed E-state index contributed by atoms with van der Waals surface area (Å²) in [6.45, 7) is 1.72. The van der Waals surface area contributed by atoms with Gasteiger partial charge in [0, 0.05) is 11.9 Å². The molecule has 3 rings (SSSR count). The lowest BCUT2D eigenvalue weighted by atomic mass is 9.97. The van der Waals surface area contributed by atoms with Crippen LogP contribution >= 0.6 is 11.8 Å². The fourth-order valence-corrected chi connectivity index (χ4v) is 4.81. The molecule has 3 aromatic carbocycles. The molecular weight excluding hydrogens is 428 g/mol. The number of nitrogens with zero attached hydrogens (tertiary/aromatic N) is 1. The number of sulfonamides is 1. The smallest absolute Gasteiger partial charge is 0.243 e. The van der Waals surface area contributed by atoms with Crippen molar-refractivity contribution in [2.45, 2.75) is 22.8 Å². The molecule has 3 aromatic rings. The van der Waals surface area contributed by atoms with Crippen molar-refractivity contribution in [3.8, 4) is 0 Å². The van der Waals surface area contributed by atoms with Crippen LogP contribution in [-0.2, 0) is 14.8 Å². The summed E-state index contributed by atoms with van der Waals surface area (Å²) in [5.41, 5.74) is 2.96. The average Bonchev–Trinajstić information content (AvgIpc) is 2.78. The molecule has 0 aliphatic rings. The van der Waals surface area contributed by atoms with Crippen LogP contribution in [0.2, 0.25) is 0 Å². The number of amides is 1. The van der Waals surface area contributed by atoms with E-state index in [2.05, 4.69) is 5.32 Å². The van der Waals surface area contributed by atoms with Gasteiger partial charge in [-0.3, -0.25) is 4.79 Å². The quantitative estimate of drug-likeness (QED) is 0.517. The Hall–Kier alpha value is -2.61. The van der Waals surface area contributed by atoms with Gasteiger partial charge in [-0.25, -0.2) is 8.42 Å². The van der Waals surface area contributed by atoms with Crippen LogP contribution in [0.5, 0.6) is 0 Å². The van der Waals surface area contributed by atoms with E-state index in [1.165, 1.54) is 18.8 Å². The van der Waals surface area contributed by atoms with Gasteiger partial charge >= 0.3 is 0 Å². The van der Waals surface area contributed by atoms with Gasteiger partial charge in [0.2, 0.25) is 15.9 Å². The highest BCUT2D eigenvalue weighted by molar-refractivity contribution is 7.98. The number of thioether (sulfide) groups is 1. The number of carbonyl (C=O) groups excluding carboxylic acids is 1. The maximum absolute atomic E-state index is 12.9. The van der Waals surface area contributed by atoms with Gasteiger partial charge in [-0.05, 0) is 48.6 Å². The number of likely N-dealkylation sites (N-methyl/N-ethyl adjacent to an activating group) is 1. The first kappa shape index (κ1) is 23.1. The standard InChI is InChI=1S/C24H26N2O3S2/c1-18-8-7-11-20(16-18)24(19-9-5-4-6-10-19)25-23(27)17-26(2)31(28,29)22-14-12-21(30-3)13-15-22/h4-16,24H,17H2,1-3H3,(H,25,27)/t24-/m1/s1. The van der Waals surface area contributed by atoms with Crippen molar-refractivity contribution in [3.05, 3.63) is 95.6 Å². The summed E-state index contributed by atoms with van der Waals surface area (Å²) in [5.74, 6) is -0.373. The molecule has 1 N–H and O–H groups in total. The van der Waals surface area contributed by atoms with Crippen LogP contribution in [0, 0.1) is 6.92 Å². The van der Waals surface area contributed by atoms with Crippen molar-refractivity contribution in [2.24, 2.45) is 0 Å². The van der Waals surface area contributed by atoms with E-state index in [4.69, 9.17) is 0 Å². The Morgan fingerprint density at radius 2 is 1.61 bits per heavy atom. The molecule has 1 atom stereocenters. The highest BCUT2D eigenvalue weighted by Crippen LogP contribution is 2.23. The molecule has 0 aromatic heterocycles. The monoisotopic (exact) mass is 454 g/mol. The zero-order valence-corrected chi connectivity index (χ0v) is 19.4. The first-order valence-electron chi connectivity index (χ1n) is 9.82. The average molecular weight is 455 g/mol. The molecule has 0 fully saturated rings. The third-order valence-electron chi connectivity index (χ3n) is 4.95. The molecule has 0 saturated heterocycles. The summed E-state index contributed by atoms with van der Waals surface area (Å²) < 4.78 is 26.8. The zero-order chi connectivity index (χ0) is 22.4. The van der Waals surface area contributed by atoms with Gasteiger partial charge in [-0.2, -0.15) is 4.31 Å². The maximum atomic E-state index is 12.9. The molecule has 0 heterocycles. The van der Waals surface area contributed by atoms with Crippen molar-refractivity contribution < 1.29 is 13.2 Å². The first-order valence-corrected chi connectivity index (χ1v) is 12.5. The number of nitrogens with one attached hydrogen (secondary N) is 1. The molecule has 0 saturated carbocycles. The summed E-state index contributed by atoms with van der Waals surface area (Å²) in [4.78, 5) is 14.0. The predicted octanol–water partition coefficient (Wildman–Crippen LogP) is 4.24. The van der Waals surface area contributed by atoms with Crippen LogP contribution in [0.4, 0.5) is 0 Å². The van der Waals surface area contributed by atoms with E-state index >= 15 is 0 Å². The number of rotatable bonds is 8. The number of benzene rings is 3. The lowest BCUT2D eigenvalue weighted by molar-refractivity contribution is -0.121. The second kappa shape index (κ2) is 10.1. The Morgan fingerprint density at radius 3 is 2.23 bits per heavy atom. The summed E-state index contributed by atoms with van der Waals surface area (Å²) in [7, 11) is -2.35. The number of carbonyl (C=O) groups is 1. The Balaban J connectivity index is 1.78. The van der Waals surface area contributed by atoms with Crippen molar-refractivity contribution in [3.63, 3.8) is 0 Å². The van der Waals surface area contributed by atoms with E-state index in [9.17, 15) is 13.2 Å². The second-order valence-electron chi connectivity index (χ2n) is 7.26. The van der Waals surface area contributed by atoms with Gasteiger partial charge in [-0.1, -0.05) is 60.2 Å². The number of aryl methyl sites for hydroxylation is 1. The lowest BCUT2D eigenvalue weighted by Crippen LogP contribution is -2.40. The summed E-state index contributed by atoms with van der Waals surface area (Å²) >= 11 is 1.54. The fraction of sp³-hybridized carbons (Fsp3) is 0.208. The van der Waals surface area contributed by atoms with Crippen LogP contribution in [0.25, 0.3) is 0 Å². The van der Waals surface area contributed by atoms with Crippen molar-refractivity contribution in [1.29, 1.82) is 0 Å². The van der Waals surface area contributed by atoms with E-state index in [0.717, 1.165) is 25.9 Å². The van der Waals surface area contributed by atoms with Crippen LogP contribution in [0.1, 0.15) is 22.7 Å². The third kappa shape index (κ3) is 5.76. The molecule has 162 valence electrons. The van der Waals surface area contributed by atoms with Gasteiger partial charge in [-0.15, -0.1) is 11.8 Å². The molecule has 0 unspecified atom stereocenters. The van der Waals surface area contributed by atoms with E-state index in [0.29, 0.717) is 0 Å². The van der Waals surface area contributed by atoms with Gasteiger partial charge in [0.05, 0.1) is 17.5 Å². The molecule has 0 aliphatic heterocycles. The summed E-state index contributed by atoms with van der Waals surface area (Å²) in [6.07, 6.45) is 1.93. The number of hydrogen-bond donors (Lipinski definition) is 1. The largest absolute Gasteiger partial charge is 0.344 e. The maximum Gasteiger partial charge on any atom is 0.243 e. The molecule has 7 heteroatoms.